The van der Waals surface area contributed by atoms with E-state index in [1.807, 2.05) is 0 Å². The Morgan fingerprint density at radius 2 is 2.14 bits per heavy atom. The number of hydrogen-bond donors (Lipinski definition) is 1. The molecule has 0 radical (unpaired) electrons. The van der Waals surface area contributed by atoms with Gasteiger partial charge in [-0.25, -0.2) is 0 Å². The Morgan fingerprint density at radius 1 is 1.43 bits per heavy atom. The summed E-state index contributed by atoms with van der Waals surface area (Å²) in [4.78, 5) is 0. The van der Waals surface area contributed by atoms with Crippen molar-refractivity contribution in [3.63, 3.8) is 0 Å². The van der Waals surface area contributed by atoms with E-state index in [1.54, 1.807) is 7.11 Å². The van der Waals surface area contributed by atoms with Gasteiger partial charge in [0.15, 0.2) is 0 Å². The fraction of sp³-hybridized carbons (Fsp3) is 1.00. The molecular formula is C12H24O2. The van der Waals surface area contributed by atoms with Crippen LogP contribution in [0.5, 0.6) is 0 Å². The van der Waals surface area contributed by atoms with Gasteiger partial charge in [0.05, 0.1) is 12.2 Å². The van der Waals surface area contributed by atoms with Crippen LogP contribution < -0.4 is 0 Å². The van der Waals surface area contributed by atoms with Crippen LogP contribution in [0.4, 0.5) is 0 Å². The third-order valence-corrected chi connectivity index (χ3v) is 3.70. The quantitative estimate of drug-likeness (QED) is 0.756. The van der Waals surface area contributed by atoms with Crippen molar-refractivity contribution < 1.29 is 9.84 Å². The molecule has 3 atom stereocenters. The highest BCUT2D eigenvalue weighted by Gasteiger charge is 2.37. The normalized spacial score (nSPS) is 32.6. The lowest BCUT2D eigenvalue weighted by Crippen LogP contribution is -2.43. The van der Waals surface area contributed by atoms with E-state index >= 15 is 0 Å². The zero-order valence-corrected chi connectivity index (χ0v) is 9.75. The van der Waals surface area contributed by atoms with E-state index < -0.39 is 5.60 Å². The standard InChI is InChI=1S/C12H24O2/c1-4-12(13,9-14-3)11-7-5-6-10(2)8-11/h10-11,13H,4-9H2,1-3H3. The molecule has 1 aliphatic rings. The number of methoxy groups -OCH3 is 1. The minimum atomic E-state index is -0.580. The molecule has 0 amide bonds. The molecule has 1 N–H and O–H groups in total. The van der Waals surface area contributed by atoms with Crippen molar-refractivity contribution in [3.05, 3.63) is 0 Å². The zero-order chi connectivity index (χ0) is 10.6. The molecule has 84 valence electrons. The van der Waals surface area contributed by atoms with E-state index in [-0.39, 0.29) is 0 Å². The Hall–Kier alpha value is -0.0800. The van der Waals surface area contributed by atoms with E-state index in [1.165, 1.54) is 12.8 Å². The van der Waals surface area contributed by atoms with Gasteiger partial charge in [-0.05, 0) is 31.1 Å². The average molecular weight is 200 g/mol. The van der Waals surface area contributed by atoms with E-state index in [0.29, 0.717) is 12.5 Å². The molecule has 1 aliphatic carbocycles. The molecule has 3 unspecified atom stereocenters. The largest absolute Gasteiger partial charge is 0.387 e. The Kier molecular flexibility index (Phi) is 4.39. The van der Waals surface area contributed by atoms with Crippen LogP contribution in [-0.2, 0) is 4.74 Å². The van der Waals surface area contributed by atoms with E-state index in [0.717, 1.165) is 25.2 Å². The second-order valence-electron chi connectivity index (χ2n) is 4.86. The first kappa shape index (κ1) is 12.0. The number of aliphatic hydroxyl groups is 1. The average Bonchev–Trinajstić information content (AvgIpc) is 2.18. The minimum absolute atomic E-state index is 0.441. The van der Waals surface area contributed by atoms with Crippen molar-refractivity contribution in [1.82, 2.24) is 0 Å². The maximum absolute atomic E-state index is 10.4. The van der Waals surface area contributed by atoms with Crippen molar-refractivity contribution >= 4 is 0 Å². The van der Waals surface area contributed by atoms with Crippen LogP contribution in [0, 0.1) is 11.8 Å². The summed E-state index contributed by atoms with van der Waals surface area (Å²) in [6.45, 7) is 4.83. The number of ether oxygens (including phenoxy) is 1. The van der Waals surface area contributed by atoms with Crippen LogP contribution in [0.25, 0.3) is 0 Å². The van der Waals surface area contributed by atoms with Gasteiger partial charge in [-0.15, -0.1) is 0 Å². The van der Waals surface area contributed by atoms with Crippen molar-refractivity contribution in [2.24, 2.45) is 11.8 Å². The molecule has 2 nitrogen and oxygen atoms in total. The molecular weight excluding hydrogens is 176 g/mol. The van der Waals surface area contributed by atoms with Gasteiger partial charge in [0.2, 0.25) is 0 Å². The van der Waals surface area contributed by atoms with Crippen molar-refractivity contribution in [2.75, 3.05) is 13.7 Å². The Labute approximate surface area is 87.7 Å². The summed E-state index contributed by atoms with van der Waals surface area (Å²) >= 11 is 0. The van der Waals surface area contributed by atoms with Crippen LogP contribution in [0.15, 0.2) is 0 Å². The second kappa shape index (κ2) is 5.13. The molecule has 14 heavy (non-hydrogen) atoms. The molecule has 0 aromatic heterocycles. The molecule has 1 rings (SSSR count). The van der Waals surface area contributed by atoms with Gasteiger partial charge in [0, 0.05) is 7.11 Å². The molecule has 1 saturated carbocycles. The van der Waals surface area contributed by atoms with Crippen LogP contribution >= 0.6 is 0 Å². The second-order valence-corrected chi connectivity index (χ2v) is 4.86. The summed E-state index contributed by atoms with van der Waals surface area (Å²) in [6, 6.07) is 0. The summed E-state index contributed by atoms with van der Waals surface area (Å²) in [5.41, 5.74) is -0.580. The maximum Gasteiger partial charge on any atom is 0.0905 e. The first-order valence-corrected chi connectivity index (χ1v) is 5.83. The van der Waals surface area contributed by atoms with Gasteiger partial charge in [0.25, 0.3) is 0 Å². The highest BCUT2D eigenvalue weighted by atomic mass is 16.5. The summed E-state index contributed by atoms with van der Waals surface area (Å²) in [7, 11) is 1.67. The number of rotatable bonds is 4. The zero-order valence-electron chi connectivity index (χ0n) is 9.75. The summed E-state index contributed by atoms with van der Waals surface area (Å²) in [5.74, 6) is 1.21. The maximum atomic E-state index is 10.4. The van der Waals surface area contributed by atoms with Gasteiger partial charge in [-0.3, -0.25) is 0 Å². The first-order chi connectivity index (χ1) is 6.62. The SMILES string of the molecule is CCC(O)(COC)C1CCCC(C)C1. The topological polar surface area (TPSA) is 29.5 Å². The van der Waals surface area contributed by atoms with E-state index in [4.69, 9.17) is 4.74 Å². The summed E-state index contributed by atoms with van der Waals surface area (Å²) in [6.07, 6.45) is 5.71. The fourth-order valence-corrected chi connectivity index (χ4v) is 2.68. The molecule has 0 aromatic carbocycles. The van der Waals surface area contributed by atoms with Crippen molar-refractivity contribution in [2.45, 2.75) is 51.6 Å². The predicted octanol–water partition coefficient (Wildman–Crippen LogP) is 2.60. The molecule has 1 fully saturated rings. The fourth-order valence-electron chi connectivity index (χ4n) is 2.68. The van der Waals surface area contributed by atoms with E-state index in [2.05, 4.69) is 13.8 Å². The highest BCUT2D eigenvalue weighted by molar-refractivity contribution is 4.88. The monoisotopic (exact) mass is 200 g/mol. The van der Waals surface area contributed by atoms with Gasteiger partial charge < -0.3 is 9.84 Å². The molecule has 0 bridgehead atoms. The predicted molar refractivity (Wildman–Crippen MR) is 58.2 cm³/mol. The van der Waals surface area contributed by atoms with Gasteiger partial charge in [0.1, 0.15) is 0 Å². The lowest BCUT2D eigenvalue weighted by molar-refractivity contribution is -0.0906. The third-order valence-electron chi connectivity index (χ3n) is 3.70. The Bertz CT molecular complexity index is 170. The van der Waals surface area contributed by atoms with Gasteiger partial charge in [-0.1, -0.05) is 26.7 Å². The van der Waals surface area contributed by atoms with Crippen LogP contribution in [0.2, 0.25) is 0 Å². The molecule has 0 aromatic rings. The first-order valence-electron chi connectivity index (χ1n) is 5.83. The Morgan fingerprint density at radius 3 is 2.64 bits per heavy atom. The van der Waals surface area contributed by atoms with Crippen LogP contribution in [-0.4, -0.2) is 24.4 Å². The Balaban J connectivity index is 2.58. The minimum Gasteiger partial charge on any atom is -0.387 e. The highest BCUT2D eigenvalue weighted by Crippen LogP contribution is 2.37. The molecule has 0 aliphatic heterocycles. The van der Waals surface area contributed by atoms with E-state index in [9.17, 15) is 5.11 Å². The smallest absolute Gasteiger partial charge is 0.0905 e. The van der Waals surface area contributed by atoms with Crippen LogP contribution in [0.1, 0.15) is 46.0 Å². The molecule has 0 heterocycles. The lowest BCUT2D eigenvalue weighted by atomic mass is 9.72. The van der Waals surface area contributed by atoms with Crippen LogP contribution in [0.3, 0.4) is 0 Å². The molecule has 0 saturated heterocycles. The van der Waals surface area contributed by atoms with Crippen molar-refractivity contribution in [1.29, 1.82) is 0 Å². The van der Waals surface area contributed by atoms with Gasteiger partial charge >= 0.3 is 0 Å². The summed E-state index contributed by atoms with van der Waals surface area (Å²) in [5, 5.41) is 10.4. The van der Waals surface area contributed by atoms with Crippen molar-refractivity contribution in [3.8, 4) is 0 Å². The third kappa shape index (κ3) is 2.71. The molecule has 0 spiro atoms. The molecule has 2 heteroatoms. The van der Waals surface area contributed by atoms with Gasteiger partial charge in [-0.2, -0.15) is 0 Å². The summed E-state index contributed by atoms with van der Waals surface area (Å²) < 4.78 is 5.14. The lowest BCUT2D eigenvalue weighted by Gasteiger charge is -2.39. The number of hydrogen-bond acceptors (Lipinski definition) is 2.